The molecular weight excluding hydrogens is 180 g/mol. The van der Waals surface area contributed by atoms with Gasteiger partial charge < -0.3 is 0 Å². The molecule has 0 fully saturated rings. The minimum atomic E-state index is 0.105. The average Bonchev–Trinajstić information content (AvgIpc) is 2.08. The number of hydrogen-bond donors (Lipinski definition) is 0. The van der Waals surface area contributed by atoms with E-state index < -0.39 is 0 Å². The number of aliphatic imine (C=N–C) groups is 2. The molecular formula is C10H16N2O2. The average molecular weight is 196 g/mol. The quantitative estimate of drug-likeness (QED) is 0.452. The molecule has 0 spiro atoms. The third-order valence-corrected chi connectivity index (χ3v) is 1.37. The summed E-state index contributed by atoms with van der Waals surface area (Å²) in [7, 11) is 0. The van der Waals surface area contributed by atoms with Crippen molar-refractivity contribution in [1.29, 1.82) is 0 Å². The monoisotopic (exact) mass is 196 g/mol. The van der Waals surface area contributed by atoms with Crippen LogP contribution in [-0.4, -0.2) is 37.1 Å². The maximum Gasteiger partial charge on any atom is 0.135 e. The van der Waals surface area contributed by atoms with E-state index in [1.54, 1.807) is 12.4 Å². The molecule has 0 radical (unpaired) electrons. The highest BCUT2D eigenvalue weighted by Gasteiger charge is 1.87. The standard InChI is InChI=1S/C10H16N2O2/c1-9(13)3-5-11-7-8-12-6-4-10(2)14/h5-6H,3-4,7-8H2,1-2H3. The number of carbonyl (C=O) groups excluding carboxylic acids is 2. The highest BCUT2D eigenvalue weighted by Crippen LogP contribution is 1.80. The zero-order chi connectivity index (χ0) is 10.8. The van der Waals surface area contributed by atoms with Gasteiger partial charge in [0.05, 0.1) is 13.1 Å². The van der Waals surface area contributed by atoms with Crippen molar-refractivity contribution in [2.45, 2.75) is 26.7 Å². The summed E-state index contributed by atoms with van der Waals surface area (Å²) in [5.74, 6) is 0.211. The second kappa shape index (κ2) is 8.29. The molecule has 0 unspecified atom stereocenters. The van der Waals surface area contributed by atoms with Gasteiger partial charge in [0, 0.05) is 25.3 Å². The van der Waals surface area contributed by atoms with Crippen molar-refractivity contribution in [2.24, 2.45) is 9.98 Å². The van der Waals surface area contributed by atoms with Crippen molar-refractivity contribution in [2.75, 3.05) is 13.1 Å². The van der Waals surface area contributed by atoms with Gasteiger partial charge in [0.25, 0.3) is 0 Å². The van der Waals surface area contributed by atoms with Crippen LogP contribution in [0.4, 0.5) is 0 Å². The molecule has 78 valence electrons. The molecule has 0 bridgehead atoms. The second-order valence-corrected chi connectivity index (χ2v) is 2.99. The van der Waals surface area contributed by atoms with E-state index in [-0.39, 0.29) is 11.6 Å². The van der Waals surface area contributed by atoms with Crippen LogP contribution in [-0.2, 0) is 9.59 Å². The van der Waals surface area contributed by atoms with Gasteiger partial charge in [-0.3, -0.25) is 19.6 Å². The lowest BCUT2D eigenvalue weighted by Gasteiger charge is -1.88. The summed E-state index contributed by atoms with van der Waals surface area (Å²) in [6.45, 7) is 4.19. The predicted molar refractivity (Wildman–Crippen MR) is 57.3 cm³/mol. The van der Waals surface area contributed by atoms with Gasteiger partial charge in [-0.1, -0.05) is 0 Å². The molecule has 0 saturated carbocycles. The number of rotatable bonds is 7. The molecule has 4 heteroatoms. The van der Waals surface area contributed by atoms with E-state index in [4.69, 9.17) is 0 Å². The highest BCUT2D eigenvalue weighted by atomic mass is 16.1. The van der Waals surface area contributed by atoms with Crippen molar-refractivity contribution in [3.8, 4) is 0 Å². The normalized spacial score (nSPS) is 11.3. The van der Waals surface area contributed by atoms with Crippen LogP contribution in [0.25, 0.3) is 0 Å². The van der Waals surface area contributed by atoms with Crippen LogP contribution in [0.5, 0.6) is 0 Å². The Balaban J connectivity index is 3.37. The zero-order valence-electron chi connectivity index (χ0n) is 8.69. The van der Waals surface area contributed by atoms with E-state index >= 15 is 0 Å². The van der Waals surface area contributed by atoms with Gasteiger partial charge in [-0.15, -0.1) is 0 Å². The summed E-state index contributed by atoms with van der Waals surface area (Å²) in [6, 6.07) is 0. The third kappa shape index (κ3) is 10.7. The molecule has 0 atom stereocenters. The van der Waals surface area contributed by atoms with Gasteiger partial charge in [0.1, 0.15) is 11.6 Å². The van der Waals surface area contributed by atoms with E-state index in [2.05, 4.69) is 9.98 Å². The van der Waals surface area contributed by atoms with Crippen molar-refractivity contribution in [3.63, 3.8) is 0 Å². The van der Waals surface area contributed by atoms with Crippen LogP contribution in [0.1, 0.15) is 26.7 Å². The molecule has 14 heavy (non-hydrogen) atoms. The Morgan fingerprint density at radius 1 is 0.929 bits per heavy atom. The molecule has 0 heterocycles. The van der Waals surface area contributed by atoms with Crippen LogP contribution in [0.3, 0.4) is 0 Å². The van der Waals surface area contributed by atoms with Gasteiger partial charge in [0.15, 0.2) is 0 Å². The summed E-state index contributed by atoms with van der Waals surface area (Å²) in [5, 5.41) is 0. The van der Waals surface area contributed by atoms with Crippen LogP contribution in [0.2, 0.25) is 0 Å². The summed E-state index contributed by atoms with van der Waals surface area (Å²) < 4.78 is 0. The van der Waals surface area contributed by atoms with Gasteiger partial charge in [-0.25, -0.2) is 0 Å². The number of hydrogen-bond acceptors (Lipinski definition) is 4. The summed E-state index contributed by atoms with van der Waals surface area (Å²) in [5.41, 5.74) is 0. The van der Waals surface area contributed by atoms with Crippen molar-refractivity contribution in [3.05, 3.63) is 0 Å². The maximum atomic E-state index is 10.5. The molecule has 0 rings (SSSR count). The van der Waals surface area contributed by atoms with Crippen LogP contribution < -0.4 is 0 Å². The Hall–Kier alpha value is -1.32. The van der Waals surface area contributed by atoms with Gasteiger partial charge in [0.2, 0.25) is 0 Å². The minimum Gasteiger partial charge on any atom is -0.300 e. The van der Waals surface area contributed by atoms with E-state index in [0.717, 1.165) is 0 Å². The molecule has 0 aliphatic heterocycles. The molecule has 0 aromatic rings. The Bertz CT molecular complexity index is 219. The molecule has 0 amide bonds. The summed E-state index contributed by atoms with van der Waals surface area (Å²) in [6.07, 6.45) is 3.97. The Labute approximate surface area is 84.1 Å². The van der Waals surface area contributed by atoms with Crippen LogP contribution in [0.15, 0.2) is 9.98 Å². The minimum absolute atomic E-state index is 0.105. The number of carbonyl (C=O) groups is 2. The van der Waals surface area contributed by atoms with E-state index in [1.807, 2.05) is 0 Å². The first-order valence-corrected chi connectivity index (χ1v) is 4.58. The number of Topliss-reactive ketones (excluding diaryl/α,β-unsaturated/α-hetero) is 2. The van der Waals surface area contributed by atoms with Gasteiger partial charge >= 0.3 is 0 Å². The Kier molecular flexibility index (Phi) is 7.50. The highest BCUT2D eigenvalue weighted by molar-refractivity contribution is 5.90. The third-order valence-electron chi connectivity index (χ3n) is 1.37. The Morgan fingerprint density at radius 3 is 1.57 bits per heavy atom. The summed E-state index contributed by atoms with van der Waals surface area (Å²) >= 11 is 0. The Morgan fingerprint density at radius 2 is 1.29 bits per heavy atom. The van der Waals surface area contributed by atoms with E-state index in [0.29, 0.717) is 25.9 Å². The fourth-order valence-corrected chi connectivity index (χ4v) is 0.684. The van der Waals surface area contributed by atoms with Crippen molar-refractivity contribution >= 4 is 24.0 Å². The van der Waals surface area contributed by atoms with Gasteiger partial charge in [-0.05, 0) is 13.8 Å². The lowest BCUT2D eigenvalue weighted by Crippen LogP contribution is -1.94. The second-order valence-electron chi connectivity index (χ2n) is 2.99. The molecule has 0 aromatic carbocycles. The van der Waals surface area contributed by atoms with Crippen LogP contribution >= 0.6 is 0 Å². The topological polar surface area (TPSA) is 58.9 Å². The molecule has 0 aromatic heterocycles. The molecule has 0 saturated heterocycles. The molecule has 0 N–H and O–H groups in total. The first-order valence-electron chi connectivity index (χ1n) is 4.58. The lowest BCUT2D eigenvalue weighted by molar-refractivity contribution is -0.116. The smallest absolute Gasteiger partial charge is 0.135 e. The summed E-state index contributed by atoms with van der Waals surface area (Å²) in [4.78, 5) is 29.0. The van der Waals surface area contributed by atoms with Gasteiger partial charge in [-0.2, -0.15) is 0 Å². The lowest BCUT2D eigenvalue weighted by atomic mass is 10.3. The van der Waals surface area contributed by atoms with Crippen LogP contribution in [0, 0.1) is 0 Å². The van der Waals surface area contributed by atoms with Crippen molar-refractivity contribution in [1.82, 2.24) is 0 Å². The number of nitrogens with zero attached hydrogens (tertiary/aromatic N) is 2. The molecule has 4 nitrogen and oxygen atoms in total. The van der Waals surface area contributed by atoms with E-state index in [1.165, 1.54) is 13.8 Å². The number of ketones is 2. The maximum absolute atomic E-state index is 10.5. The first kappa shape index (κ1) is 12.7. The molecule has 0 aliphatic carbocycles. The fraction of sp³-hybridized carbons (Fsp3) is 0.600. The van der Waals surface area contributed by atoms with E-state index in [9.17, 15) is 9.59 Å². The zero-order valence-corrected chi connectivity index (χ0v) is 8.69. The largest absolute Gasteiger partial charge is 0.300 e. The van der Waals surface area contributed by atoms with Crippen molar-refractivity contribution < 1.29 is 9.59 Å². The first-order chi connectivity index (χ1) is 6.63. The predicted octanol–water partition coefficient (Wildman–Crippen LogP) is 1.09. The fourth-order valence-electron chi connectivity index (χ4n) is 0.684. The molecule has 0 aliphatic rings. The SMILES string of the molecule is CC(=O)CC=NCCN=CCC(C)=O.